The summed E-state index contributed by atoms with van der Waals surface area (Å²) in [5, 5.41) is 3.37. The lowest BCUT2D eigenvalue weighted by molar-refractivity contribution is 0.411. The van der Waals surface area contributed by atoms with Crippen LogP contribution in [-0.4, -0.2) is 4.98 Å². The molecule has 180 valence electrons. The van der Waals surface area contributed by atoms with Gasteiger partial charge >= 0.3 is 0 Å². The van der Waals surface area contributed by atoms with Gasteiger partial charge in [-0.15, -0.1) is 11.3 Å². The fourth-order valence-electron chi connectivity index (χ4n) is 5.23. The van der Waals surface area contributed by atoms with Crippen molar-refractivity contribution in [1.29, 1.82) is 0 Å². The van der Waals surface area contributed by atoms with Gasteiger partial charge in [0.15, 0.2) is 5.58 Å². The maximum absolute atomic E-state index is 9.12. The van der Waals surface area contributed by atoms with Crippen LogP contribution in [0.1, 0.15) is 45.1 Å². The number of aromatic nitrogens is 1. The van der Waals surface area contributed by atoms with Crippen molar-refractivity contribution in [3.8, 4) is 22.4 Å². The minimum Gasteiger partial charge on any atom is -0.454 e. The van der Waals surface area contributed by atoms with E-state index in [9.17, 15) is 0 Å². The molecular weight excluding hydrogens is 458 g/mol. The summed E-state index contributed by atoms with van der Waals surface area (Å²) in [5.41, 5.74) is 7.60. The molecule has 0 aliphatic heterocycles. The third-order valence-corrected chi connectivity index (χ3v) is 7.78. The van der Waals surface area contributed by atoms with Gasteiger partial charge in [0.25, 0.3) is 0 Å². The van der Waals surface area contributed by atoms with Crippen LogP contribution in [0.25, 0.3) is 54.4 Å². The summed E-state index contributed by atoms with van der Waals surface area (Å²) in [6.45, 7) is 12.1. The molecule has 0 atom stereocenters. The Morgan fingerprint density at radius 1 is 0.861 bits per heavy atom. The van der Waals surface area contributed by atoms with E-state index in [0.717, 1.165) is 55.4 Å². The number of hydrogen-bond acceptors (Lipinski definition) is 3. The second kappa shape index (κ2) is 8.31. The lowest BCUT2D eigenvalue weighted by atomic mass is 9.83. The van der Waals surface area contributed by atoms with Gasteiger partial charge in [-0.05, 0) is 90.0 Å². The van der Waals surface area contributed by atoms with Crippen LogP contribution in [0.4, 0.5) is 0 Å². The van der Waals surface area contributed by atoms with E-state index in [1.54, 1.807) is 17.5 Å². The molecule has 6 rings (SSSR count). The van der Waals surface area contributed by atoms with Gasteiger partial charge in [-0.25, -0.2) is 0 Å². The normalized spacial score (nSPS) is 13.5. The molecule has 0 N–H and O–H groups in total. The summed E-state index contributed by atoms with van der Waals surface area (Å²) < 4.78 is 26.0. The van der Waals surface area contributed by atoms with Gasteiger partial charge in [0.05, 0.1) is 10.4 Å². The molecule has 0 bridgehead atoms. The van der Waals surface area contributed by atoms with Crippen molar-refractivity contribution >= 4 is 43.4 Å². The number of rotatable bonds is 3. The highest BCUT2D eigenvalue weighted by Crippen LogP contribution is 2.42. The topological polar surface area (TPSA) is 26.0 Å². The highest BCUT2D eigenvalue weighted by atomic mass is 32.1. The third kappa shape index (κ3) is 3.83. The first-order chi connectivity index (χ1) is 18.0. The summed E-state index contributed by atoms with van der Waals surface area (Å²) in [4.78, 5) is 6.12. The van der Waals surface area contributed by atoms with E-state index >= 15 is 0 Å². The van der Waals surface area contributed by atoms with Crippen LogP contribution in [0, 0.1) is 26.2 Å². The quantitative estimate of drug-likeness (QED) is 0.246. The summed E-state index contributed by atoms with van der Waals surface area (Å²) in [7, 11) is 0. The predicted molar refractivity (Wildman–Crippen MR) is 155 cm³/mol. The molecule has 3 heterocycles. The van der Waals surface area contributed by atoms with E-state index in [2.05, 4.69) is 81.4 Å². The van der Waals surface area contributed by atoms with Crippen LogP contribution in [-0.2, 0) is 6.37 Å². The minimum atomic E-state index is -1.59. The Kier molecular flexibility index (Phi) is 4.79. The largest absolute Gasteiger partial charge is 0.454 e. The van der Waals surface area contributed by atoms with Crippen molar-refractivity contribution in [2.75, 3.05) is 0 Å². The molecule has 0 saturated heterocycles. The number of aryl methyl sites for hydroxylation is 3. The molecule has 3 aromatic heterocycles. The SMILES string of the molecule is [2H]C([2H])(c1cnc(-c2cccc3c2oc2c3ccc3cc(C)sc32)cc1-c1c(C)cccc1C)C(C)(C)C. The standard InChI is InChI=1S/C33H31NOS/c1-19-9-7-10-20(2)29(19)27-16-28(34-18-23(27)17-33(4,5)6)26-12-8-11-24-25-14-13-22-15-21(3)36-32(22)31(25)35-30(24)26/h7-16,18H,17H2,1-6H3/i17D2. The van der Waals surface area contributed by atoms with E-state index in [1.165, 1.54) is 15.0 Å². The van der Waals surface area contributed by atoms with Gasteiger partial charge in [-0.2, -0.15) is 0 Å². The first kappa shape index (κ1) is 20.7. The lowest BCUT2D eigenvalue weighted by Gasteiger charge is -2.22. The summed E-state index contributed by atoms with van der Waals surface area (Å²) in [6, 6.07) is 21.0. The number of benzene rings is 3. The number of furan rings is 1. The van der Waals surface area contributed by atoms with Crippen LogP contribution in [0.15, 0.2) is 71.3 Å². The molecule has 6 aromatic rings. The molecule has 0 aliphatic carbocycles. The fourth-order valence-corrected chi connectivity index (χ4v) is 6.23. The van der Waals surface area contributed by atoms with Crippen molar-refractivity contribution in [2.24, 2.45) is 5.41 Å². The highest BCUT2D eigenvalue weighted by molar-refractivity contribution is 7.19. The Balaban J connectivity index is 1.65. The van der Waals surface area contributed by atoms with Crippen molar-refractivity contribution in [3.63, 3.8) is 0 Å². The molecular formula is C33H31NOS. The Morgan fingerprint density at radius 3 is 2.33 bits per heavy atom. The molecule has 0 amide bonds. The second-order valence-electron chi connectivity index (χ2n) is 10.8. The maximum atomic E-state index is 9.12. The zero-order valence-electron chi connectivity index (χ0n) is 23.6. The summed E-state index contributed by atoms with van der Waals surface area (Å²) in [5.74, 6) is 0. The van der Waals surface area contributed by atoms with Gasteiger partial charge in [0.1, 0.15) is 5.58 Å². The Morgan fingerprint density at radius 2 is 1.58 bits per heavy atom. The molecule has 0 fully saturated rings. The number of pyridine rings is 1. The van der Waals surface area contributed by atoms with E-state index < -0.39 is 11.8 Å². The van der Waals surface area contributed by atoms with Crippen LogP contribution < -0.4 is 0 Å². The molecule has 36 heavy (non-hydrogen) atoms. The van der Waals surface area contributed by atoms with Gasteiger partial charge in [0.2, 0.25) is 0 Å². The number of para-hydroxylation sites is 1. The highest BCUT2D eigenvalue weighted by Gasteiger charge is 2.21. The zero-order chi connectivity index (χ0) is 27.0. The Bertz CT molecular complexity index is 1850. The van der Waals surface area contributed by atoms with Crippen LogP contribution in [0.2, 0.25) is 0 Å². The Labute approximate surface area is 219 Å². The smallest absolute Gasteiger partial charge is 0.153 e. The number of nitrogens with zero attached hydrogens (tertiary/aromatic N) is 1. The van der Waals surface area contributed by atoms with Crippen LogP contribution >= 0.6 is 11.3 Å². The first-order valence-electron chi connectivity index (χ1n) is 13.4. The predicted octanol–water partition coefficient (Wildman–Crippen LogP) is 10.0. The van der Waals surface area contributed by atoms with Gasteiger partial charge < -0.3 is 4.42 Å². The van der Waals surface area contributed by atoms with E-state index in [-0.39, 0.29) is 0 Å². The Hall–Kier alpha value is -3.43. The summed E-state index contributed by atoms with van der Waals surface area (Å²) >= 11 is 1.76. The van der Waals surface area contributed by atoms with Crippen LogP contribution in [0.3, 0.4) is 0 Å². The van der Waals surface area contributed by atoms with Crippen molar-refractivity contribution in [2.45, 2.75) is 47.9 Å². The maximum Gasteiger partial charge on any atom is 0.153 e. The molecule has 3 aromatic carbocycles. The molecule has 0 saturated carbocycles. The van der Waals surface area contributed by atoms with E-state index in [4.69, 9.17) is 12.1 Å². The average molecular weight is 492 g/mol. The summed E-state index contributed by atoms with van der Waals surface area (Å²) in [6.07, 6.45) is 0.153. The van der Waals surface area contributed by atoms with Crippen LogP contribution in [0.5, 0.6) is 0 Å². The van der Waals surface area contributed by atoms with E-state index in [0.29, 0.717) is 5.56 Å². The molecule has 0 radical (unpaired) electrons. The zero-order valence-corrected chi connectivity index (χ0v) is 22.4. The molecule has 3 heteroatoms. The first-order valence-corrected chi connectivity index (χ1v) is 13.2. The monoisotopic (exact) mass is 491 g/mol. The molecule has 0 aliphatic rings. The molecule has 0 spiro atoms. The number of hydrogen-bond donors (Lipinski definition) is 0. The lowest BCUT2D eigenvalue weighted by Crippen LogP contribution is -2.11. The van der Waals surface area contributed by atoms with Crippen molar-refractivity contribution < 1.29 is 7.16 Å². The van der Waals surface area contributed by atoms with E-state index in [1.807, 2.05) is 20.8 Å². The van der Waals surface area contributed by atoms with Crippen molar-refractivity contribution in [1.82, 2.24) is 4.98 Å². The number of fused-ring (bicyclic) bond motifs is 5. The van der Waals surface area contributed by atoms with Crippen molar-refractivity contribution in [3.05, 3.63) is 88.4 Å². The number of thiophene rings is 1. The van der Waals surface area contributed by atoms with Gasteiger partial charge in [-0.1, -0.05) is 57.2 Å². The molecule has 0 unspecified atom stereocenters. The second-order valence-corrected chi connectivity index (χ2v) is 12.0. The van der Waals surface area contributed by atoms with Gasteiger partial charge in [0, 0.05) is 30.2 Å². The third-order valence-electron chi connectivity index (χ3n) is 6.71. The van der Waals surface area contributed by atoms with Gasteiger partial charge in [-0.3, -0.25) is 4.98 Å². The fraction of sp³-hybridized carbons (Fsp3) is 0.242. The minimum absolute atomic E-state index is 0.607. The average Bonchev–Trinajstić information content (AvgIpc) is 3.42. The molecule has 2 nitrogen and oxygen atoms in total.